The monoisotopic (exact) mass is 180 g/mol. The minimum atomic E-state index is -0.153. The van der Waals surface area contributed by atoms with Crippen molar-refractivity contribution in [1.29, 1.82) is 5.26 Å². The van der Waals surface area contributed by atoms with E-state index in [2.05, 4.69) is 5.32 Å². The molecule has 1 N–H and O–H groups in total. The van der Waals surface area contributed by atoms with Gasteiger partial charge in [-0.2, -0.15) is 5.26 Å². The molecule has 0 heterocycles. The number of carbonyl (C=O) groups is 1. The van der Waals surface area contributed by atoms with Crippen LogP contribution in [0.25, 0.3) is 0 Å². The number of nitrogens with zero attached hydrogens (tertiary/aromatic N) is 1. The topological polar surface area (TPSA) is 52.9 Å². The summed E-state index contributed by atoms with van der Waals surface area (Å²) in [5.41, 5.74) is -0.133. The highest BCUT2D eigenvalue weighted by Gasteiger charge is 2.34. The number of carbonyl (C=O) groups excluding carboxylic acids is 1. The molecule has 0 aliphatic heterocycles. The van der Waals surface area contributed by atoms with Crippen molar-refractivity contribution >= 4 is 5.91 Å². The van der Waals surface area contributed by atoms with E-state index in [0.717, 1.165) is 0 Å². The van der Waals surface area contributed by atoms with E-state index >= 15 is 0 Å². The van der Waals surface area contributed by atoms with Crippen LogP contribution in [0.5, 0.6) is 0 Å². The standard InChI is InChI=1S/C10H16N2O/c1-10(2,8-4-3-5-8)12-9(13)6-7-11/h8H,3-6H2,1-2H3,(H,12,13). The van der Waals surface area contributed by atoms with Crippen LogP contribution < -0.4 is 5.32 Å². The molecule has 0 aromatic carbocycles. The summed E-state index contributed by atoms with van der Waals surface area (Å²) in [7, 11) is 0. The van der Waals surface area contributed by atoms with Crippen molar-refractivity contribution < 1.29 is 4.79 Å². The van der Waals surface area contributed by atoms with Gasteiger partial charge in [-0.05, 0) is 32.6 Å². The van der Waals surface area contributed by atoms with E-state index in [9.17, 15) is 4.79 Å². The second-order valence-corrected chi connectivity index (χ2v) is 4.23. The summed E-state index contributed by atoms with van der Waals surface area (Å²) < 4.78 is 0. The maximum Gasteiger partial charge on any atom is 0.234 e. The molecule has 1 amide bonds. The Morgan fingerprint density at radius 1 is 1.62 bits per heavy atom. The summed E-state index contributed by atoms with van der Waals surface area (Å²) >= 11 is 0. The predicted molar refractivity (Wildman–Crippen MR) is 49.8 cm³/mol. The van der Waals surface area contributed by atoms with E-state index in [1.54, 1.807) is 0 Å². The molecule has 1 fully saturated rings. The van der Waals surface area contributed by atoms with E-state index in [4.69, 9.17) is 5.26 Å². The molecular weight excluding hydrogens is 164 g/mol. The van der Waals surface area contributed by atoms with Gasteiger partial charge in [0.1, 0.15) is 6.42 Å². The van der Waals surface area contributed by atoms with Gasteiger partial charge in [-0.3, -0.25) is 4.79 Å². The maximum atomic E-state index is 11.2. The van der Waals surface area contributed by atoms with Gasteiger partial charge in [-0.25, -0.2) is 0 Å². The molecule has 1 rings (SSSR count). The van der Waals surface area contributed by atoms with Crippen LogP contribution in [0.2, 0.25) is 0 Å². The van der Waals surface area contributed by atoms with Gasteiger partial charge in [-0.15, -0.1) is 0 Å². The van der Waals surface area contributed by atoms with Crippen molar-refractivity contribution in [3.63, 3.8) is 0 Å². The average Bonchev–Trinajstić information content (AvgIpc) is 1.79. The molecule has 3 nitrogen and oxygen atoms in total. The van der Waals surface area contributed by atoms with Gasteiger partial charge in [0.2, 0.25) is 5.91 Å². The number of amides is 1. The van der Waals surface area contributed by atoms with Crippen molar-refractivity contribution in [2.75, 3.05) is 0 Å². The fourth-order valence-corrected chi connectivity index (χ4v) is 1.71. The number of nitrogens with one attached hydrogen (secondary N) is 1. The second kappa shape index (κ2) is 3.78. The van der Waals surface area contributed by atoms with E-state index in [0.29, 0.717) is 5.92 Å². The fraction of sp³-hybridized carbons (Fsp3) is 0.800. The zero-order valence-corrected chi connectivity index (χ0v) is 8.26. The molecule has 13 heavy (non-hydrogen) atoms. The Bertz CT molecular complexity index is 236. The van der Waals surface area contributed by atoms with Gasteiger partial charge < -0.3 is 5.32 Å². The molecule has 0 aromatic heterocycles. The van der Waals surface area contributed by atoms with Crippen LogP contribution in [0.1, 0.15) is 39.5 Å². The lowest BCUT2D eigenvalue weighted by Gasteiger charge is -2.40. The van der Waals surface area contributed by atoms with Crippen molar-refractivity contribution in [1.82, 2.24) is 5.32 Å². The molecule has 0 unspecified atom stereocenters. The van der Waals surface area contributed by atoms with Gasteiger partial charge in [-0.1, -0.05) is 6.42 Å². The van der Waals surface area contributed by atoms with E-state index in [1.807, 2.05) is 19.9 Å². The molecule has 0 bridgehead atoms. The van der Waals surface area contributed by atoms with E-state index < -0.39 is 0 Å². The van der Waals surface area contributed by atoms with Crippen molar-refractivity contribution in [3.8, 4) is 6.07 Å². The average molecular weight is 180 g/mol. The summed E-state index contributed by atoms with van der Waals surface area (Å²) in [4.78, 5) is 11.2. The summed E-state index contributed by atoms with van der Waals surface area (Å²) in [6.45, 7) is 4.07. The van der Waals surface area contributed by atoms with Crippen LogP contribution in [0, 0.1) is 17.2 Å². The Morgan fingerprint density at radius 3 is 2.62 bits per heavy atom. The Morgan fingerprint density at radius 2 is 2.23 bits per heavy atom. The Kier molecular flexibility index (Phi) is 2.92. The fourth-order valence-electron chi connectivity index (χ4n) is 1.71. The van der Waals surface area contributed by atoms with Crippen LogP contribution in [0.15, 0.2) is 0 Å². The minimum absolute atomic E-state index is 0.0316. The Balaban J connectivity index is 2.41. The number of rotatable bonds is 3. The zero-order valence-electron chi connectivity index (χ0n) is 8.26. The van der Waals surface area contributed by atoms with Crippen LogP contribution >= 0.6 is 0 Å². The summed E-state index contributed by atoms with van der Waals surface area (Å²) in [6.07, 6.45) is 3.62. The normalized spacial score (nSPS) is 17.3. The molecule has 0 saturated heterocycles. The maximum absolute atomic E-state index is 11.2. The van der Waals surface area contributed by atoms with Gasteiger partial charge in [0, 0.05) is 5.54 Å². The van der Waals surface area contributed by atoms with Crippen LogP contribution in [-0.2, 0) is 4.79 Å². The largest absolute Gasteiger partial charge is 0.350 e. The number of hydrogen-bond acceptors (Lipinski definition) is 2. The molecule has 1 aliphatic rings. The summed E-state index contributed by atoms with van der Waals surface area (Å²) in [5, 5.41) is 11.2. The van der Waals surface area contributed by atoms with E-state index in [-0.39, 0.29) is 17.9 Å². The Labute approximate surface area is 79.1 Å². The smallest absolute Gasteiger partial charge is 0.234 e. The summed E-state index contributed by atoms with van der Waals surface area (Å²) in [6, 6.07) is 1.85. The van der Waals surface area contributed by atoms with E-state index in [1.165, 1.54) is 19.3 Å². The van der Waals surface area contributed by atoms with Crippen molar-refractivity contribution in [2.45, 2.75) is 45.1 Å². The minimum Gasteiger partial charge on any atom is -0.350 e. The number of nitriles is 1. The molecule has 72 valence electrons. The molecular formula is C10H16N2O. The SMILES string of the molecule is CC(C)(NC(=O)CC#N)C1CCC1. The lowest BCUT2D eigenvalue weighted by Crippen LogP contribution is -2.51. The molecule has 1 saturated carbocycles. The molecule has 0 aromatic rings. The quantitative estimate of drug-likeness (QED) is 0.717. The third-order valence-corrected chi connectivity index (χ3v) is 2.83. The predicted octanol–water partition coefficient (Wildman–Crippen LogP) is 1.59. The highest BCUT2D eigenvalue weighted by Crippen LogP contribution is 2.35. The molecule has 0 spiro atoms. The third-order valence-electron chi connectivity index (χ3n) is 2.83. The highest BCUT2D eigenvalue weighted by atomic mass is 16.1. The lowest BCUT2D eigenvalue weighted by atomic mass is 9.72. The summed E-state index contributed by atoms with van der Waals surface area (Å²) in [5.74, 6) is 0.439. The van der Waals surface area contributed by atoms with Gasteiger partial charge >= 0.3 is 0 Å². The van der Waals surface area contributed by atoms with Crippen LogP contribution in [0.3, 0.4) is 0 Å². The third kappa shape index (κ3) is 2.45. The molecule has 0 atom stereocenters. The van der Waals surface area contributed by atoms with Crippen LogP contribution in [-0.4, -0.2) is 11.4 Å². The first kappa shape index (κ1) is 10.0. The van der Waals surface area contributed by atoms with Crippen molar-refractivity contribution in [3.05, 3.63) is 0 Å². The first-order chi connectivity index (χ1) is 6.06. The molecule has 0 radical (unpaired) electrons. The zero-order chi connectivity index (χ0) is 9.90. The second-order valence-electron chi connectivity index (χ2n) is 4.23. The van der Waals surface area contributed by atoms with Gasteiger partial charge in [0.15, 0.2) is 0 Å². The van der Waals surface area contributed by atoms with Gasteiger partial charge in [0.05, 0.1) is 6.07 Å². The molecule has 3 heteroatoms. The van der Waals surface area contributed by atoms with Gasteiger partial charge in [0.25, 0.3) is 0 Å². The molecule has 1 aliphatic carbocycles. The highest BCUT2D eigenvalue weighted by molar-refractivity contribution is 5.78. The first-order valence-corrected chi connectivity index (χ1v) is 4.74. The van der Waals surface area contributed by atoms with Crippen molar-refractivity contribution in [2.24, 2.45) is 5.92 Å². The number of hydrogen-bond donors (Lipinski definition) is 1. The lowest BCUT2D eigenvalue weighted by molar-refractivity contribution is -0.122. The van der Waals surface area contributed by atoms with Crippen LogP contribution in [0.4, 0.5) is 0 Å². The Hall–Kier alpha value is -1.04. The first-order valence-electron chi connectivity index (χ1n) is 4.74.